The van der Waals surface area contributed by atoms with E-state index in [9.17, 15) is 23.9 Å². The van der Waals surface area contributed by atoms with E-state index in [1.807, 2.05) is 78.9 Å². The molecule has 0 radical (unpaired) electrons. The van der Waals surface area contributed by atoms with E-state index in [0.717, 1.165) is 33.0 Å². The van der Waals surface area contributed by atoms with E-state index in [1.54, 1.807) is 30.3 Å². The SMILES string of the molecule is O=C(Cn1c(-c2ccc(F)cc2)ncc(NC(=O)OCc2ccccc2)c1=O)NC(Cc1ccccc1)C(O)c1nc2cc(-c3ccccc3)ccc2o1. The minimum Gasteiger partial charge on any atom is -0.444 e. The summed E-state index contributed by atoms with van der Waals surface area (Å²) in [6.45, 7) is -0.608. The van der Waals surface area contributed by atoms with Gasteiger partial charge < -0.3 is 19.6 Å². The van der Waals surface area contributed by atoms with Crippen LogP contribution < -0.4 is 16.2 Å². The Morgan fingerprint density at radius 2 is 1.46 bits per heavy atom. The van der Waals surface area contributed by atoms with Crippen molar-refractivity contribution in [3.8, 4) is 22.5 Å². The summed E-state index contributed by atoms with van der Waals surface area (Å²) < 4.78 is 26.2. The molecule has 2 unspecified atom stereocenters. The molecule has 0 aliphatic rings. The van der Waals surface area contributed by atoms with Crippen molar-refractivity contribution in [3.05, 3.63) is 173 Å². The smallest absolute Gasteiger partial charge is 0.412 e. The lowest BCUT2D eigenvalue weighted by atomic mass is 10.0. The quantitative estimate of drug-likeness (QED) is 0.121. The van der Waals surface area contributed by atoms with Gasteiger partial charge in [-0.15, -0.1) is 0 Å². The minimum atomic E-state index is -1.39. The van der Waals surface area contributed by atoms with Crippen LogP contribution in [0.25, 0.3) is 33.6 Å². The summed E-state index contributed by atoms with van der Waals surface area (Å²) in [6, 6.07) is 37.9. The molecule has 0 bridgehead atoms. The van der Waals surface area contributed by atoms with Crippen molar-refractivity contribution >= 4 is 28.8 Å². The van der Waals surface area contributed by atoms with Crippen LogP contribution in [0.5, 0.6) is 0 Å². The molecule has 270 valence electrons. The number of carbonyl (C=O) groups excluding carboxylic acids is 2. The first-order chi connectivity index (χ1) is 26.3. The number of benzene rings is 5. The number of anilines is 1. The maximum atomic E-state index is 13.9. The fourth-order valence-corrected chi connectivity index (χ4v) is 5.98. The van der Waals surface area contributed by atoms with Crippen LogP contribution in [0, 0.1) is 5.82 Å². The van der Waals surface area contributed by atoms with Gasteiger partial charge in [0.1, 0.15) is 36.0 Å². The van der Waals surface area contributed by atoms with Crippen molar-refractivity contribution in [2.45, 2.75) is 31.7 Å². The highest BCUT2D eigenvalue weighted by molar-refractivity contribution is 5.84. The summed E-state index contributed by atoms with van der Waals surface area (Å²) in [7, 11) is 0. The molecule has 2 aromatic heterocycles. The Labute approximate surface area is 308 Å². The molecule has 54 heavy (non-hydrogen) atoms. The van der Waals surface area contributed by atoms with Crippen molar-refractivity contribution in [2.75, 3.05) is 5.32 Å². The number of halogens is 1. The van der Waals surface area contributed by atoms with Crippen molar-refractivity contribution in [1.29, 1.82) is 0 Å². The average Bonchev–Trinajstić information content (AvgIpc) is 3.63. The fourth-order valence-electron chi connectivity index (χ4n) is 5.98. The van der Waals surface area contributed by atoms with Gasteiger partial charge in [0.25, 0.3) is 5.56 Å². The first-order valence-electron chi connectivity index (χ1n) is 17.1. The van der Waals surface area contributed by atoms with Gasteiger partial charge in [0.2, 0.25) is 11.8 Å². The number of rotatable bonds is 12. The number of nitrogens with zero attached hydrogens (tertiary/aromatic N) is 3. The van der Waals surface area contributed by atoms with Gasteiger partial charge in [-0.2, -0.15) is 0 Å². The zero-order valence-electron chi connectivity index (χ0n) is 28.8. The van der Waals surface area contributed by atoms with Crippen molar-refractivity contribution < 1.29 is 28.2 Å². The number of aliphatic hydroxyl groups is 1. The number of fused-ring (bicyclic) bond motifs is 1. The molecule has 11 nitrogen and oxygen atoms in total. The third-order valence-electron chi connectivity index (χ3n) is 8.69. The molecule has 2 heterocycles. The molecule has 5 aromatic carbocycles. The van der Waals surface area contributed by atoms with Crippen LogP contribution in [-0.2, 0) is 29.1 Å². The van der Waals surface area contributed by atoms with Gasteiger partial charge in [0, 0.05) is 5.56 Å². The van der Waals surface area contributed by atoms with Gasteiger partial charge in [0.15, 0.2) is 11.7 Å². The van der Waals surface area contributed by atoms with Crippen LogP contribution in [0.4, 0.5) is 14.9 Å². The maximum Gasteiger partial charge on any atom is 0.412 e. The number of amides is 2. The zero-order chi connectivity index (χ0) is 37.4. The third-order valence-corrected chi connectivity index (χ3v) is 8.69. The molecule has 0 saturated heterocycles. The summed E-state index contributed by atoms with van der Waals surface area (Å²) in [5, 5.41) is 17.0. The number of aromatic nitrogens is 3. The second-order valence-corrected chi connectivity index (χ2v) is 12.5. The summed E-state index contributed by atoms with van der Waals surface area (Å²) in [5.41, 5.74) is 3.81. The summed E-state index contributed by atoms with van der Waals surface area (Å²) in [5.74, 6) is -1.11. The number of hydrogen-bond donors (Lipinski definition) is 3. The number of hydrogen-bond acceptors (Lipinski definition) is 8. The van der Waals surface area contributed by atoms with Crippen LogP contribution in [0.15, 0.2) is 149 Å². The predicted molar refractivity (Wildman–Crippen MR) is 201 cm³/mol. The monoisotopic (exact) mass is 723 g/mol. The second kappa shape index (κ2) is 16.2. The van der Waals surface area contributed by atoms with E-state index < -0.39 is 42.1 Å². The average molecular weight is 724 g/mol. The van der Waals surface area contributed by atoms with Crippen molar-refractivity contribution in [2.24, 2.45) is 0 Å². The highest BCUT2D eigenvalue weighted by Crippen LogP contribution is 2.28. The van der Waals surface area contributed by atoms with Crippen molar-refractivity contribution in [3.63, 3.8) is 0 Å². The number of ether oxygens (including phenoxy) is 1. The number of aliphatic hydroxyl groups excluding tert-OH is 1. The fraction of sp³-hybridized carbons (Fsp3) is 0.119. The van der Waals surface area contributed by atoms with Gasteiger partial charge >= 0.3 is 6.09 Å². The van der Waals surface area contributed by atoms with Crippen LogP contribution in [0.3, 0.4) is 0 Å². The molecular weight excluding hydrogens is 689 g/mol. The molecule has 7 rings (SSSR count). The molecule has 0 saturated carbocycles. The molecule has 0 spiro atoms. The van der Waals surface area contributed by atoms with Gasteiger partial charge in [-0.25, -0.2) is 19.2 Å². The topological polar surface area (TPSA) is 149 Å². The largest absolute Gasteiger partial charge is 0.444 e. The van der Waals surface area contributed by atoms with E-state index in [2.05, 4.69) is 20.6 Å². The molecule has 3 N–H and O–H groups in total. The molecule has 2 amide bonds. The summed E-state index contributed by atoms with van der Waals surface area (Å²) in [4.78, 5) is 49.4. The Kier molecular flexibility index (Phi) is 10.6. The summed E-state index contributed by atoms with van der Waals surface area (Å²) >= 11 is 0. The van der Waals surface area contributed by atoms with Crippen LogP contribution in [0.1, 0.15) is 23.1 Å². The van der Waals surface area contributed by atoms with Gasteiger partial charge in [-0.05, 0) is 65.1 Å². The third kappa shape index (κ3) is 8.41. The molecule has 2 atom stereocenters. The van der Waals surface area contributed by atoms with E-state index >= 15 is 0 Å². The lowest BCUT2D eigenvalue weighted by molar-refractivity contribution is -0.123. The highest BCUT2D eigenvalue weighted by atomic mass is 19.1. The normalized spacial score (nSPS) is 12.2. The molecule has 0 aliphatic heterocycles. The number of oxazole rings is 1. The Bertz CT molecular complexity index is 2440. The minimum absolute atomic E-state index is 0.00231. The first kappa shape index (κ1) is 35.5. The molecular formula is C42H34FN5O6. The van der Waals surface area contributed by atoms with E-state index in [-0.39, 0.29) is 30.4 Å². The Balaban J connectivity index is 1.16. The highest BCUT2D eigenvalue weighted by Gasteiger charge is 2.29. The first-order valence-corrected chi connectivity index (χ1v) is 17.1. The molecule has 0 fully saturated rings. The van der Waals surface area contributed by atoms with E-state index in [0.29, 0.717) is 16.7 Å². The zero-order valence-corrected chi connectivity index (χ0v) is 28.8. The van der Waals surface area contributed by atoms with E-state index in [4.69, 9.17) is 9.15 Å². The number of carbonyl (C=O) groups is 2. The van der Waals surface area contributed by atoms with Crippen LogP contribution in [0.2, 0.25) is 0 Å². The second-order valence-electron chi connectivity index (χ2n) is 12.5. The van der Waals surface area contributed by atoms with Gasteiger partial charge in [-0.3, -0.25) is 19.5 Å². The standard InChI is InChI=1S/C42H34FN5O6/c43-32-19-16-30(17-20-32)39-44-24-35(47-42(52)53-26-28-12-6-2-7-13-28)41(51)48(39)25-37(49)45-34(22-27-10-4-1-5-11-27)38(50)40-46-33-23-31(18-21-36(33)54-40)29-14-8-3-9-15-29/h1-21,23-24,34,38,50H,22,25-26H2,(H,45,49)(H,47,52). The Morgan fingerprint density at radius 3 is 2.17 bits per heavy atom. The lowest BCUT2D eigenvalue weighted by Gasteiger charge is -2.23. The molecule has 7 aromatic rings. The predicted octanol–water partition coefficient (Wildman–Crippen LogP) is 7.07. The summed E-state index contributed by atoms with van der Waals surface area (Å²) in [6.07, 6.45) is -0.948. The van der Waals surface area contributed by atoms with Gasteiger partial charge in [0.05, 0.1) is 12.2 Å². The molecule has 0 aliphatic carbocycles. The Morgan fingerprint density at radius 1 is 0.815 bits per heavy atom. The van der Waals surface area contributed by atoms with E-state index in [1.165, 1.54) is 24.3 Å². The van der Waals surface area contributed by atoms with Crippen LogP contribution >= 0.6 is 0 Å². The van der Waals surface area contributed by atoms with Crippen LogP contribution in [-0.4, -0.2) is 37.7 Å². The van der Waals surface area contributed by atoms with Gasteiger partial charge in [-0.1, -0.05) is 97.1 Å². The molecule has 12 heteroatoms. The van der Waals surface area contributed by atoms with Crippen molar-refractivity contribution in [1.82, 2.24) is 19.9 Å². The number of nitrogens with one attached hydrogen (secondary N) is 2. The lowest BCUT2D eigenvalue weighted by Crippen LogP contribution is -2.44. The Hall–Kier alpha value is -6.92. The maximum absolute atomic E-state index is 13.9.